The second-order valence-corrected chi connectivity index (χ2v) is 3.64. The van der Waals surface area contributed by atoms with Crippen molar-refractivity contribution in [3.8, 4) is 0 Å². The first-order chi connectivity index (χ1) is 5.93. The van der Waals surface area contributed by atoms with Gasteiger partial charge in [-0.3, -0.25) is 0 Å². The van der Waals surface area contributed by atoms with E-state index in [4.69, 9.17) is 4.74 Å². The van der Waals surface area contributed by atoms with Crippen LogP contribution in [0.1, 0.15) is 51.9 Å². The topological polar surface area (TPSA) is 9.23 Å². The normalized spacial score (nSPS) is 19.8. The largest absolute Gasteiger partial charge is 0.378 e. The molecule has 1 nitrogen and oxygen atoms in total. The van der Waals surface area contributed by atoms with Crippen molar-refractivity contribution in [2.75, 3.05) is 6.61 Å². The van der Waals surface area contributed by atoms with Crippen LogP contribution in [-0.2, 0) is 4.74 Å². The third-order valence-corrected chi connectivity index (χ3v) is 2.49. The quantitative estimate of drug-likeness (QED) is 0.573. The molecule has 0 bridgehead atoms. The maximum absolute atomic E-state index is 5.76. The van der Waals surface area contributed by atoms with Crippen LogP contribution in [0.15, 0.2) is 0 Å². The fraction of sp³-hybridized carbons (Fsp3) is 0.909. The summed E-state index contributed by atoms with van der Waals surface area (Å²) < 4.78 is 5.76. The highest BCUT2D eigenvalue weighted by Crippen LogP contribution is 2.19. The first-order valence-electron chi connectivity index (χ1n) is 5.36. The molecule has 0 aromatic heterocycles. The van der Waals surface area contributed by atoms with Crippen molar-refractivity contribution in [2.24, 2.45) is 0 Å². The average molecular weight is 169 g/mol. The lowest BCUT2D eigenvalue weighted by Gasteiger charge is -2.21. The molecule has 71 valence electrons. The van der Waals surface area contributed by atoms with Gasteiger partial charge in [0.05, 0.1) is 6.10 Å². The monoisotopic (exact) mass is 169 g/mol. The lowest BCUT2D eigenvalue weighted by atomic mass is 9.98. The molecule has 1 heteroatoms. The van der Waals surface area contributed by atoms with Crippen LogP contribution in [0, 0.1) is 6.42 Å². The van der Waals surface area contributed by atoms with E-state index in [1.54, 1.807) is 0 Å². The molecule has 0 unspecified atom stereocenters. The van der Waals surface area contributed by atoms with Crippen LogP contribution in [0.25, 0.3) is 0 Å². The Balaban J connectivity index is 1.91. The van der Waals surface area contributed by atoms with Gasteiger partial charge in [0, 0.05) is 6.61 Å². The number of hydrogen-bond donors (Lipinski definition) is 0. The van der Waals surface area contributed by atoms with Crippen LogP contribution in [0.3, 0.4) is 0 Å². The molecule has 1 aliphatic rings. The standard InChI is InChI=1S/C11H21O/c1-2-3-7-10-12-11-8-5-4-6-9-11/h4,11H,2-3,5-10H2,1H3. The third-order valence-electron chi connectivity index (χ3n) is 2.49. The third kappa shape index (κ3) is 4.10. The summed E-state index contributed by atoms with van der Waals surface area (Å²) in [5.74, 6) is 0. The van der Waals surface area contributed by atoms with Crippen molar-refractivity contribution < 1.29 is 4.74 Å². The van der Waals surface area contributed by atoms with E-state index in [1.807, 2.05) is 0 Å². The molecule has 0 spiro atoms. The van der Waals surface area contributed by atoms with Crippen LogP contribution >= 0.6 is 0 Å². The van der Waals surface area contributed by atoms with Gasteiger partial charge in [-0.2, -0.15) is 0 Å². The van der Waals surface area contributed by atoms with Crippen molar-refractivity contribution in [1.82, 2.24) is 0 Å². The smallest absolute Gasteiger partial charge is 0.0575 e. The number of rotatable bonds is 5. The van der Waals surface area contributed by atoms with Gasteiger partial charge in [-0.15, -0.1) is 0 Å². The number of unbranched alkanes of at least 4 members (excludes halogenated alkanes) is 2. The van der Waals surface area contributed by atoms with E-state index in [0.717, 1.165) is 6.61 Å². The van der Waals surface area contributed by atoms with Crippen molar-refractivity contribution in [3.05, 3.63) is 6.42 Å². The van der Waals surface area contributed by atoms with Gasteiger partial charge in [-0.1, -0.05) is 19.8 Å². The number of ether oxygens (including phenoxy) is 1. The summed E-state index contributed by atoms with van der Waals surface area (Å²) in [6, 6.07) is 0. The summed E-state index contributed by atoms with van der Waals surface area (Å²) in [4.78, 5) is 0. The fourth-order valence-electron chi connectivity index (χ4n) is 1.66. The molecule has 1 aliphatic carbocycles. The first kappa shape index (κ1) is 10.0. The minimum Gasteiger partial charge on any atom is -0.378 e. The van der Waals surface area contributed by atoms with Gasteiger partial charge < -0.3 is 4.74 Å². The van der Waals surface area contributed by atoms with Crippen LogP contribution in [0.4, 0.5) is 0 Å². The van der Waals surface area contributed by atoms with Crippen LogP contribution < -0.4 is 0 Å². The molecular weight excluding hydrogens is 148 g/mol. The summed E-state index contributed by atoms with van der Waals surface area (Å²) in [6.45, 7) is 3.22. The Morgan fingerprint density at radius 1 is 1.25 bits per heavy atom. The molecule has 1 rings (SSSR count). The number of hydrogen-bond acceptors (Lipinski definition) is 1. The second-order valence-electron chi connectivity index (χ2n) is 3.64. The van der Waals surface area contributed by atoms with Crippen molar-refractivity contribution >= 4 is 0 Å². The minimum absolute atomic E-state index is 0.576. The molecule has 1 radical (unpaired) electrons. The molecule has 1 fully saturated rings. The summed E-state index contributed by atoms with van der Waals surface area (Å²) in [5.41, 5.74) is 0. The highest BCUT2D eigenvalue weighted by Gasteiger charge is 2.12. The van der Waals surface area contributed by atoms with Gasteiger partial charge in [0.2, 0.25) is 0 Å². The summed E-state index contributed by atoms with van der Waals surface area (Å²) >= 11 is 0. The van der Waals surface area contributed by atoms with E-state index in [9.17, 15) is 0 Å². The minimum atomic E-state index is 0.576. The lowest BCUT2D eigenvalue weighted by molar-refractivity contribution is 0.0327. The molecular formula is C11H21O. The van der Waals surface area contributed by atoms with E-state index >= 15 is 0 Å². The van der Waals surface area contributed by atoms with Gasteiger partial charge in [-0.05, 0) is 38.5 Å². The predicted octanol–water partition coefficient (Wildman–Crippen LogP) is 3.34. The molecule has 12 heavy (non-hydrogen) atoms. The molecule has 0 saturated heterocycles. The summed E-state index contributed by atoms with van der Waals surface area (Å²) in [6.07, 6.45) is 11.9. The second kappa shape index (κ2) is 6.47. The highest BCUT2D eigenvalue weighted by atomic mass is 16.5. The maximum Gasteiger partial charge on any atom is 0.0575 e. The Hall–Kier alpha value is -0.0400. The molecule has 0 aliphatic heterocycles. The van der Waals surface area contributed by atoms with E-state index in [0.29, 0.717) is 6.10 Å². The zero-order valence-corrected chi connectivity index (χ0v) is 8.22. The molecule has 0 atom stereocenters. The van der Waals surface area contributed by atoms with Gasteiger partial charge in [-0.25, -0.2) is 0 Å². The molecule has 0 aromatic rings. The summed E-state index contributed by atoms with van der Waals surface area (Å²) in [5, 5.41) is 0. The Morgan fingerprint density at radius 3 is 2.67 bits per heavy atom. The fourth-order valence-corrected chi connectivity index (χ4v) is 1.66. The molecule has 0 heterocycles. The van der Waals surface area contributed by atoms with Gasteiger partial charge in [0.1, 0.15) is 0 Å². The predicted molar refractivity (Wildman–Crippen MR) is 52.0 cm³/mol. The van der Waals surface area contributed by atoms with Gasteiger partial charge in [0.25, 0.3) is 0 Å². The zero-order valence-electron chi connectivity index (χ0n) is 8.22. The van der Waals surface area contributed by atoms with Crippen molar-refractivity contribution in [1.29, 1.82) is 0 Å². The van der Waals surface area contributed by atoms with Crippen molar-refractivity contribution in [3.63, 3.8) is 0 Å². The zero-order chi connectivity index (χ0) is 8.65. The van der Waals surface area contributed by atoms with E-state index in [-0.39, 0.29) is 0 Å². The van der Waals surface area contributed by atoms with E-state index in [1.165, 1.54) is 44.9 Å². The lowest BCUT2D eigenvalue weighted by Crippen LogP contribution is -2.17. The van der Waals surface area contributed by atoms with Crippen LogP contribution in [0.5, 0.6) is 0 Å². The first-order valence-corrected chi connectivity index (χ1v) is 5.36. The average Bonchev–Trinajstić information content (AvgIpc) is 2.14. The Bertz CT molecular complexity index is 95.2. The maximum atomic E-state index is 5.76. The molecule has 0 aromatic carbocycles. The summed E-state index contributed by atoms with van der Waals surface area (Å²) in [7, 11) is 0. The van der Waals surface area contributed by atoms with E-state index in [2.05, 4.69) is 13.3 Å². The SMILES string of the molecule is CCCCCOC1CC[CH]CC1. The van der Waals surface area contributed by atoms with Crippen molar-refractivity contribution in [2.45, 2.75) is 58.0 Å². The Kier molecular flexibility index (Phi) is 5.42. The van der Waals surface area contributed by atoms with Crippen LogP contribution in [-0.4, -0.2) is 12.7 Å². The highest BCUT2D eigenvalue weighted by molar-refractivity contribution is 4.76. The molecule has 0 N–H and O–H groups in total. The van der Waals surface area contributed by atoms with Gasteiger partial charge >= 0.3 is 0 Å². The molecule has 1 saturated carbocycles. The van der Waals surface area contributed by atoms with Gasteiger partial charge in [0.15, 0.2) is 0 Å². The Labute approximate surface area is 76.5 Å². The Morgan fingerprint density at radius 2 is 2.00 bits per heavy atom. The van der Waals surface area contributed by atoms with Crippen LogP contribution in [0.2, 0.25) is 0 Å². The molecule has 0 amide bonds. The van der Waals surface area contributed by atoms with E-state index < -0.39 is 0 Å².